The lowest BCUT2D eigenvalue weighted by molar-refractivity contribution is -0.00371. The van der Waals surface area contributed by atoms with E-state index in [9.17, 15) is 4.79 Å². The molecule has 3 aromatic rings. The summed E-state index contributed by atoms with van der Waals surface area (Å²) in [6.07, 6.45) is 13.7. The molecule has 31 heavy (non-hydrogen) atoms. The van der Waals surface area contributed by atoms with E-state index >= 15 is 0 Å². The van der Waals surface area contributed by atoms with Crippen molar-refractivity contribution in [3.05, 3.63) is 49.2 Å². The second-order valence-electron chi connectivity index (χ2n) is 7.58. The molecule has 1 fully saturated rings. The van der Waals surface area contributed by atoms with Gasteiger partial charge in [0.15, 0.2) is 0 Å². The van der Waals surface area contributed by atoms with Crippen molar-refractivity contribution in [2.24, 2.45) is 7.05 Å². The molecule has 3 heterocycles. The number of hydrogen-bond acceptors (Lipinski definition) is 7. The van der Waals surface area contributed by atoms with Crippen LogP contribution < -0.4 is 5.01 Å². The highest BCUT2D eigenvalue weighted by molar-refractivity contribution is 6.00. The Labute approximate surface area is 180 Å². The Morgan fingerprint density at radius 2 is 2.06 bits per heavy atom. The van der Waals surface area contributed by atoms with E-state index in [1.54, 1.807) is 52.5 Å². The standard InChI is InChI=1S/C21H27N7O3/c1-26-13-16(12-25-26)19-11-20(24-14-23-19)21(29)28(27-8-7-22-15-27)17-3-5-18(6-4-17)31-10-9-30-2/h7-8,11-15,17-18H,3-6,9-10H2,1-2H3. The number of methoxy groups -OCH3 is 1. The van der Waals surface area contributed by atoms with Gasteiger partial charge in [-0.15, -0.1) is 0 Å². The van der Waals surface area contributed by atoms with Crippen molar-refractivity contribution >= 4 is 5.91 Å². The van der Waals surface area contributed by atoms with Crippen LogP contribution in [-0.2, 0) is 16.5 Å². The number of hydrogen-bond donors (Lipinski definition) is 0. The monoisotopic (exact) mass is 425 g/mol. The minimum Gasteiger partial charge on any atom is -0.382 e. The molecule has 10 heteroatoms. The molecule has 0 spiro atoms. The molecular weight excluding hydrogens is 398 g/mol. The average molecular weight is 425 g/mol. The van der Waals surface area contributed by atoms with Crippen LogP contribution in [0.25, 0.3) is 11.3 Å². The first-order chi connectivity index (χ1) is 15.2. The van der Waals surface area contributed by atoms with Crippen molar-refractivity contribution in [1.82, 2.24) is 29.4 Å². The summed E-state index contributed by atoms with van der Waals surface area (Å²) in [6, 6.07) is 1.74. The summed E-state index contributed by atoms with van der Waals surface area (Å²) in [5.41, 5.74) is 1.83. The molecule has 0 aliphatic heterocycles. The zero-order chi connectivity index (χ0) is 21.6. The number of aromatic nitrogens is 6. The maximum atomic E-state index is 13.5. The molecule has 1 aliphatic rings. The molecule has 0 saturated heterocycles. The van der Waals surface area contributed by atoms with Crippen LogP contribution in [0.3, 0.4) is 0 Å². The normalized spacial score (nSPS) is 18.8. The van der Waals surface area contributed by atoms with Gasteiger partial charge in [0.05, 0.1) is 37.3 Å². The third-order valence-corrected chi connectivity index (χ3v) is 5.46. The van der Waals surface area contributed by atoms with Gasteiger partial charge in [-0.2, -0.15) is 5.10 Å². The predicted molar refractivity (Wildman–Crippen MR) is 113 cm³/mol. The lowest BCUT2D eigenvalue weighted by atomic mass is 9.92. The third-order valence-electron chi connectivity index (χ3n) is 5.46. The molecule has 1 saturated carbocycles. The first kappa shape index (κ1) is 21.1. The van der Waals surface area contributed by atoms with Crippen molar-refractivity contribution in [1.29, 1.82) is 0 Å². The second-order valence-corrected chi connectivity index (χ2v) is 7.58. The highest BCUT2D eigenvalue weighted by Crippen LogP contribution is 2.26. The Bertz CT molecular complexity index is 981. The van der Waals surface area contributed by atoms with Gasteiger partial charge in [0.25, 0.3) is 5.91 Å². The Morgan fingerprint density at radius 3 is 2.74 bits per heavy atom. The van der Waals surface area contributed by atoms with E-state index in [2.05, 4.69) is 20.1 Å². The zero-order valence-electron chi connectivity index (χ0n) is 17.8. The van der Waals surface area contributed by atoms with Crippen molar-refractivity contribution in [2.75, 3.05) is 25.3 Å². The number of amides is 1. The van der Waals surface area contributed by atoms with Crippen LogP contribution >= 0.6 is 0 Å². The van der Waals surface area contributed by atoms with E-state index in [4.69, 9.17) is 9.47 Å². The molecule has 0 aromatic carbocycles. The lowest BCUT2D eigenvalue weighted by Crippen LogP contribution is -2.50. The highest BCUT2D eigenvalue weighted by Gasteiger charge is 2.32. The summed E-state index contributed by atoms with van der Waals surface area (Å²) in [6.45, 7) is 1.18. The van der Waals surface area contributed by atoms with E-state index in [0.29, 0.717) is 24.6 Å². The topological polar surface area (TPSA) is 100 Å². The quantitative estimate of drug-likeness (QED) is 0.508. The Kier molecular flexibility index (Phi) is 6.68. The van der Waals surface area contributed by atoms with Crippen LogP contribution in [0.4, 0.5) is 0 Å². The zero-order valence-corrected chi connectivity index (χ0v) is 17.8. The summed E-state index contributed by atoms with van der Waals surface area (Å²) in [7, 11) is 3.51. The fraction of sp³-hybridized carbons (Fsp3) is 0.476. The molecule has 3 aromatic heterocycles. The van der Waals surface area contributed by atoms with Crippen LogP contribution in [0.1, 0.15) is 36.2 Å². The summed E-state index contributed by atoms with van der Waals surface area (Å²) < 4.78 is 14.4. The number of carbonyl (C=O) groups excluding carboxylic acids is 1. The van der Waals surface area contributed by atoms with Crippen LogP contribution in [0.15, 0.2) is 43.5 Å². The van der Waals surface area contributed by atoms with Gasteiger partial charge in [-0.05, 0) is 31.7 Å². The van der Waals surface area contributed by atoms with E-state index in [0.717, 1.165) is 31.2 Å². The number of ether oxygens (including phenoxy) is 2. The first-order valence-corrected chi connectivity index (χ1v) is 10.4. The molecule has 0 N–H and O–H groups in total. The fourth-order valence-electron chi connectivity index (χ4n) is 3.90. The van der Waals surface area contributed by atoms with Gasteiger partial charge in [-0.3, -0.25) is 9.48 Å². The van der Waals surface area contributed by atoms with Crippen molar-refractivity contribution in [3.8, 4) is 11.3 Å². The van der Waals surface area contributed by atoms with Gasteiger partial charge in [0.1, 0.15) is 18.3 Å². The molecular formula is C21H27N7O3. The van der Waals surface area contributed by atoms with E-state index in [1.807, 2.05) is 13.2 Å². The van der Waals surface area contributed by atoms with Gasteiger partial charge in [0, 0.05) is 38.3 Å². The number of imidazole rings is 1. The van der Waals surface area contributed by atoms with Crippen molar-refractivity contribution in [2.45, 2.75) is 37.8 Å². The number of aryl methyl sites for hydroxylation is 1. The summed E-state index contributed by atoms with van der Waals surface area (Å²) >= 11 is 0. The molecule has 0 bridgehead atoms. The first-order valence-electron chi connectivity index (χ1n) is 10.4. The predicted octanol–water partition coefficient (Wildman–Crippen LogP) is 1.83. The molecule has 0 radical (unpaired) electrons. The highest BCUT2D eigenvalue weighted by atomic mass is 16.5. The molecule has 0 unspecified atom stereocenters. The molecule has 1 amide bonds. The van der Waals surface area contributed by atoms with Gasteiger partial charge in [0.2, 0.25) is 0 Å². The summed E-state index contributed by atoms with van der Waals surface area (Å²) in [5, 5.41) is 5.92. The maximum absolute atomic E-state index is 13.5. The van der Waals surface area contributed by atoms with Crippen molar-refractivity contribution < 1.29 is 14.3 Å². The van der Waals surface area contributed by atoms with E-state index in [-0.39, 0.29) is 18.1 Å². The maximum Gasteiger partial charge on any atom is 0.291 e. The van der Waals surface area contributed by atoms with Gasteiger partial charge >= 0.3 is 0 Å². The van der Waals surface area contributed by atoms with Gasteiger partial charge in [-0.25, -0.2) is 24.6 Å². The van der Waals surface area contributed by atoms with E-state index in [1.165, 1.54) is 6.33 Å². The minimum absolute atomic E-state index is 0.0285. The smallest absolute Gasteiger partial charge is 0.291 e. The second kappa shape index (κ2) is 9.80. The molecule has 164 valence electrons. The Morgan fingerprint density at radius 1 is 1.23 bits per heavy atom. The fourth-order valence-corrected chi connectivity index (χ4v) is 3.90. The molecule has 1 aliphatic carbocycles. The molecule has 4 rings (SSSR count). The van der Waals surface area contributed by atoms with Crippen LogP contribution in [-0.4, -0.2) is 67.8 Å². The SMILES string of the molecule is COCCOC1CCC(N(C(=O)c2cc(-c3cnn(C)c3)ncn2)n2ccnc2)CC1. The minimum atomic E-state index is -0.186. The molecule has 0 atom stereocenters. The Hall–Kier alpha value is -3.11. The largest absolute Gasteiger partial charge is 0.382 e. The average Bonchev–Trinajstić information content (AvgIpc) is 3.47. The number of nitrogens with zero attached hydrogens (tertiary/aromatic N) is 7. The Balaban J connectivity index is 1.52. The summed E-state index contributed by atoms with van der Waals surface area (Å²) in [4.78, 5) is 26.2. The summed E-state index contributed by atoms with van der Waals surface area (Å²) in [5.74, 6) is -0.186. The molecule has 10 nitrogen and oxygen atoms in total. The van der Waals surface area contributed by atoms with Crippen LogP contribution in [0.2, 0.25) is 0 Å². The van der Waals surface area contributed by atoms with Crippen LogP contribution in [0, 0.1) is 0 Å². The van der Waals surface area contributed by atoms with Crippen LogP contribution in [0.5, 0.6) is 0 Å². The van der Waals surface area contributed by atoms with Gasteiger partial charge in [-0.1, -0.05) is 0 Å². The number of rotatable bonds is 8. The van der Waals surface area contributed by atoms with E-state index < -0.39 is 0 Å². The lowest BCUT2D eigenvalue weighted by Gasteiger charge is -2.36. The van der Waals surface area contributed by atoms with Crippen molar-refractivity contribution in [3.63, 3.8) is 0 Å². The third kappa shape index (κ3) is 4.97. The van der Waals surface area contributed by atoms with Gasteiger partial charge < -0.3 is 9.47 Å². The number of carbonyl (C=O) groups is 1.